The molecule has 0 atom stereocenters. The van der Waals surface area contributed by atoms with E-state index in [2.05, 4.69) is 35.3 Å². The van der Waals surface area contributed by atoms with Crippen molar-refractivity contribution in [2.24, 2.45) is 5.92 Å². The third kappa shape index (κ3) is 4.52. The molecule has 0 radical (unpaired) electrons. The molecule has 1 aromatic heterocycles. The van der Waals surface area contributed by atoms with E-state index in [9.17, 15) is 4.79 Å². The maximum Gasteiger partial charge on any atom is 0.246 e. The maximum atomic E-state index is 12.3. The Kier molecular flexibility index (Phi) is 5.23. The van der Waals surface area contributed by atoms with Crippen LogP contribution in [0, 0.1) is 12.8 Å². The van der Waals surface area contributed by atoms with Gasteiger partial charge in [-0.1, -0.05) is 30.3 Å². The van der Waals surface area contributed by atoms with Gasteiger partial charge in [-0.15, -0.1) is 11.3 Å². The number of likely N-dealkylation sites (tertiary alicyclic amines) is 1. The largest absolute Gasteiger partial charge is 0.339 e. The van der Waals surface area contributed by atoms with Crippen molar-refractivity contribution in [2.45, 2.75) is 26.2 Å². The predicted molar refractivity (Wildman–Crippen MR) is 95.3 cm³/mol. The number of benzene rings is 1. The summed E-state index contributed by atoms with van der Waals surface area (Å²) in [7, 11) is 0. The number of thiazole rings is 1. The highest BCUT2D eigenvalue weighted by atomic mass is 32.1. The highest BCUT2D eigenvalue weighted by molar-refractivity contribution is 7.09. The molecular formula is C19H22N2OS. The number of hydrogen-bond acceptors (Lipinski definition) is 3. The second-order valence-corrected chi connectivity index (χ2v) is 7.15. The van der Waals surface area contributed by atoms with Crippen LogP contribution in [0.3, 0.4) is 0 Å². The van der Waals surface area contributed by atoms with Crippen molar-refractivity contribution in [3.8, 4) is 0 Å². The average molecular weight is 326 g/mol. The molecule has 2 heterocycles. The SMILES string of the molecule is Cc1nc(/C=C/C(=O)N2CCC(Cc3ccccc3)CC2)cs1. The zero-order valence-corrected chi connectivity index (χ0v) is 14.3. The summed E-state index contributed by atoms with van der Waals surface area (Å²) < 4.78 is 0. The predicted octanol–water partition coefficient (Wildman–Crippen LogP) is 3.95. The molecule has 1 fully saturated rings. The Balaban J connectivity index is 1.48. The van der Waals surface area contributed by atoms with Gasteiger partial charge in [0.15, 0.2) is 0 Å². The monoisotopic (exact) mass is 326 g/mol. The molecule has 3 nitrogen and oxygen atoms in total. The van der Waals surface area contributed by atoms with Crippen molar-refractivity contribution in [3.05, 3.63) is 58.1 Å². The van der Waals surface area contributed by atoms with Crippen LogP contribution >= 0.6 is 11.3 Å². The van der Waals surface area contributed by atoms with Gasteiger partial charge < -0.3 is 4.90 Å². The number of rotatable bonds is 4. The Morgan fingerprint density at radius 2 is 2.04 bits per heavy atom. The minimum Gasteiger partial charge on any atom is -0.339 e. The van der Waals surface area contributed by atoms with Gasteiger partial charge in [0.05, 0.1) is 10.7 Å². The van der Waals surface area contributed by atoms with E-state index < -0.39 is 0 Å². The molecule has 0 bridgehead atoms. The van der Waals surface area contributed by atoms with E-state index in [1.165, 1.54) is 5.56 Å². The van der Waals surface area contributed by atoms with Gasteiger partial charge in [0.1, 0.15) is 0 Å². The fourth-order valence-corrected chi connectivity index (χ4v) is 3.60. The van der Waals surface area contributed by atoms with E-state index >= 15 is 0 Å². The quantitative estimate of drug-likeness (QED) is 0.797. The molecule has 1 aromatic carbocycles. The number of aryl methyl sites for hydroxylation is 1. The Morgan fingerprint density at radius 1 is 1.30 bits per heavy atom. The van der Waals surface area contributed by atoms with Crippen LogP contribution in [0.4, 0.5) is 0 Å². The van der Waals surface area contributed by atoms with Crippen molar-refractivity contribution in [1.29, 1.82) is 0 Å². The summed E-state index contributed by atoms with van der Waals surface area (Å²) in [6.07, 6.45) is 6.78. The summed E-state index contributed by atoms with van der Waals surface area (Å²) in [5.41, 5.74) is 2.27. The van der Waals surface area contributed by atoms with Crippen LogP contribution in [0.15, 0.2) is 41.8 Å². The first-order chi connectivity index (χ1) is 11.2. The zero-order valence-electron chi connectivity index (χ0n) is 13.4. The first-order valence-corrected chi connectivity index (χ1v) is 9.02. The maximum absolute atomic E-state index is 12.3. The van der Waals surface area contributed by atoms with Crippen molar-refractivity contribution < 1.29 is 4.79 Å². The molecule has 1 aliphatic rings. The Hall–Kier alpha value is -1.94. The molecule has 4 heteroatoms. The van der Waals surface area contributed by atoms with E-state index in [1.807, 2.05) is 23.3 Å². The van der Waals surface area contributed by atoms with Gasteiger partial charge in [-0.2, -0.15) is 0 Å². The second-order valence-electron chi connectivity index (χ2n) is 6.08. The van der Waals surface area contributed by atoms with Crippen molar-refractivity contribution in [2.75, 3.05) is 13.1 Å². The molecule has 0 saturated carbocycles. The lowest BCUT2D eigenvalue weighted by atomic mass is 9.90. The lowest BCUT2D eigenvalue weighted by Crippen LogP contribution is -2.37. The van der Waals surface area contributed by atoms with Gasteiger partial charge in [0, 0.05) is 24.5 Å². The zero-order chi connectivity index (χ0) is 16.1. The second kappa shape index (κ2) is 7.55. The fourth-order valence-electron chi connectivity index (χ4n) is 3.02. The van der Waals surface area contributed by atoms with Crippen LogP contribution in [0.25, 0.3) is 6.08 Å². The summed E-state index contributed by atoms with van der Waals surface area (Å²) in [4.78, 5) is 18.6. The molecule has 23 heavy (non-hydrogen) atoms. The third-order valence-electron chi connectivity index (χ3n) is 4.33. The minimum atomic E-state index is 0.105. The highest BCUT2D eigenvalue weighted by Crippen LogP contribution is 2.22. The molecule has 1 saturated heterocycles. The van der Waals surface area contributed by atoms with Crippen molar-refractivity contribution in [3.63, 3.8) is 0 Å². The van der Waals surface area contributed by atoms with E-state index in [4.69, 9.17) is 0 Å². The van der Waals surface area contributed by atoms with E-state index in [0.29, 0.717) is 5.92 Å². The van der Waals surface area contributed by atoms with Crippen LogP contribution < -0.4 is 0 Å². The van der Waals surface area contributed by atoms with Crippen molar-refractivity contribution >= 4 is 23.3 Å². The number of carbonyl (C=O) groups excluding carboxylic acids is 1. The van der Waals surface area contributed by atoms with Crippen molar-refractivity contribution in [1.82, 2.24) is 9.88 Å². The number of aromatic nitrogens is 1. The average Bonchev–Trinajstić information content (AvgIpc) is 3.00. The number of nitrogens with zero attached hydrogens (tertiary/aromatic N) is 2. The summed E-state index contributed by atoms with van der Waals surface area (Å²) in [6.45, 7) is 3.69. The van der Waals surface area contributed by atoms with Gasteiger partial charge >= 0.3 is 0 Å². The van der Waals surface area contributed by atoms with E-state index in [1.54, 1.807) is 17.4 Å². The summed E-state index contributed by atoms with van der Waals surface area (Å²) in [6, 6.07) is 10.6. The number of hydrogen-bond donors (Lipinski definition) is 0. The first kappa shape index (κ1) is 15.9. The van der Waals surface area contributed by atoms with E-state index in [0.717, 1.165) is 43.1 Å². The van der Waals surface area contributed by atoms with Crippen LogP contribution in [0.2, 0.25) is 0 Å². The molecule has 3 rings (SSSR count). The van der Waals surface area contributed by atoms with Gasteiger partial charge in [-0.3, -0.25) is 4.79 Å². The molecule has 1 aliphatic heterocycles. The fraction of sp³-hybridized carbons (Fsp3) is 0.368. The van der Waals surface area contributed by atoms with Crippen LogP contribution in [0.1, 0.15) is 29.1 Å². The van der Waals surface area contributed by atoms with Crippen LogP contribution in [-0.4, -0.2) is 28.9 Å². The normalized spacial score (nSPS) is 16.1. The first-order valence-electron chi connectivity index (χ1n) is 8.14. The third-order valence-corrected chi connectivity index (χ3v) is 5.12. The minimum absolute atomic E-state index is 0.105. The Morgan fingerprint density at radius 3 is 2.70 bits per heavy atom. The van der Waals surface area contributed by atoms with E-state index in [-0.39, 0.29) is 5.91 Å². The molecule has 0 spiro atoms. The number of piperidine rings is 1. The molecule has 0 unspecified atom stereocenters. The molecule has 1 amide bonds. The van der Waals surface area contributed by atoms with Crippen LogP contribution in [0.5, 0.6) is 0 Å². The van der Waals surface area contributed by atoms with Gasteiger partial charge in [0.2, 0.25) is 5.91 Å². The number of amides is 1. The molecule has 2 aromatic rings. The number of carbonyl (C=O) groups is 1. The molecule has 120 valence electrons. The molecular weight excluding hydrogens is 304 g/mol. The standard InChI is InChI=1S/C19H22N2OS/c1-15-20-18(14-23-15)7-8-19(22)21-11-9-17(10-12-21)13-16-5-3-2-4-6-16/h2-8,14,17H,9-13H2,1H3/b8-7+. The summed E-state index contributed by atoms with van der Waals surface area (Å²) in [5.74, 6) is 0.792. The summed E-state index contributed by atoms with van der Waals surface area (Å²) >= 11 is 1.61. The lowest BCUT2D eigenvalue weighted by Gasteiger charge is -2.31. The Bertz CT molecular complexity index is 670. The van der Waals surface area contributed by atoms with Gasteiger partial charge in [0.25, 0.3) is 0 Å². The molecule has 0 aliphatic carbocycles. The van der Waals surface area contributed by atoms with Crippen LogP contribution in [-0.2, 0) is 11.2 Å². The summed E-state index contributed by atoms with van der Waals surface area (Å²) in [5, 5.41) is 3.00. The smallest absolute Gasteiger partial charge is 0.246 e. The van der Waals surface area contributed by atoms with Gasteiger partial charge in [-0.05, 0) is 43.7 Å². The lowest BCUT2D eigenvalue weighted by molar-refractivity contribution is -0.127. The topological polar surface area (TPSA) is 33.2 Å². The highest BCUT2D eigenvalue weighted by Gasteiger charge is 2.21. The molecule has 0 N–H and O–H groups in total. The van der Waals surface area contributed by atoms with Gasteiger partial charge in [-0.25, -0.2) is 4.98 Å². The Labute approximate surface area is 141 Å².